The van der Waals surface area contributed by atoms with Crippen molar-refractivity contribution in [2.24, 2.45) is 0 Å². The molecule has 2 aromatic heterocycles. The fraction of sp³-hybridized carbons (Fsp3) is 0. The molecule has 0 aliphatic carbocycles. The highest BCUT2D eigenvalue weighted by molar-refractivity contribution is 7.21. The summed E-state index contributed by atoms with van der Waals surface area (Å²) in [5.41, 5.74) is 1.73. The fourth-order valence-corrected chi connectivity index (χ4v) is 3.43. The minimum atomic E-state index is -1.09. The van der Waals surface area contributed by atoms with Crippen LogP contribution in [-0.2, 0) is 0 Å². The molecule has 0 unspecified atom stereocenters. The Bertz CT molecular complexity index is 898. The van der Waals surface area contributed by atoms with Gasteiger partial charge in [-0.15, -0.1) is 11.3 Å². The number of carbonyl (C=O) groups is 1. The number of fused-ring (bicyclic) bond motifs is 1. The Hall–Kier alpha value is -2.60. The number of benzene rings is 1. The maximum atomic E-state index is 13.4. The predicted octanol–water partition coefficient (Wildman–Crippen LogP) is 4.58. The summed E-state index contributed by atoms with van der Waals surface area (Å²) in [5, 5.41) is 9.26. The molecule has 0 fully saturated rings. The maximum Gasteiger partial charge on any atom is 0.346 e. The van der Waals surface area contributed by atoms with Gasteiger partial charge >= 0.3 is 5.97 Å². The van der Waals surface area contributed by atoms with Crippen molar-refractivity contribution < 1.29 is 18.7 Å². The van der Waals surface area contributed by atoms with E-state index in [2.05, 4.69) is 11.6 Å². The number of carboxylic acid groups (broad SMARTS) is 1. The minimum Gasteiger partial charge on any atom is -0.477 e. The lowest BCUT2D eigenvalue weighted by atomic mass is 10.0. The molecule has 0 radical (unpaired) electrons. The fourth-order valence-electron chi connectivity index (χ4n) is 2.29. The Kier molecular flexibility index (Phi) is 3.46. The van der Waals surface area contributed by atoms with Gasteiger partial charge in [-0.05, 0) is 23.8 Å². The Labute approximate surface area is 128 Å². The first-order valence-electron chi connectivity index (χ1n) is 6.25. The molecule has 3 nitrogen and oxygen atoms in total. The number of hydrogen-bond donors (Lipinski definition) is 1. The van der Waals surface area contributed by atoms with Gasteiger partial charge < -0.3 is 5.11 Å². The number of rotatable bonds is 3. The molecule has 3 rings (SSSR count). The largest absolute Gasteiger partial charge is 0.477 e. The van der Waals surface area contributed by atoms with Crippen LogP contribution in [-0.4, -0.2) is 16.1 Å². The molecule has 110 valence electrons. The molecule has 0 bridgehead atoms. The third-order valence-electron chi connectivity index (χ3n) is 3.18. The number of aromatic carboxylic acids is 1. The number of thiophene rings is 1. The van der Waals surface area contributed by atoms with Crippen LogP contribution in [0.1, 0.15) is 15.2 Å². The van der Waals surface area contributed by atoms with E-state index in [-0.39, 0.29) is 4.88 Å². The summed E-state index contributed by atoms with van der Waals surface area (Å²) in [4.78, 5) is 15.6. The van der Waals surface area contributed by atoms with E-state index in [0.29, 0.717) is 26.9 Å². The zero-order valence-corrected chi connectivity index (χ0v) is 12.0. The van der Waals surface area contributed by atoms with Gasteiger partial charge in [0.15, 0.2) is 0 Å². The lowest BCUT2D eigenvalue weighted by Gasteiger charge is -2.04. The molecule has 22 heavy (non-hydrogen) atoms. The molecule has 6 heteroatoms. The molecule has 0 amide bonds. The molecule has 1 aromatic carbocycles. The predicted molar refractivity (Wildman–Crippen MR) is 82.0 cm³/mol. The highest BCUT2D eigenvalue weighted by Gasteiger charge is 2.19. The summed E-state index contributed by atoms with van der Waals surface area (Å²) in [5.74, 6) is -2.48. The van der Waals surface area contributed by atoms with Crippen molar-refractivity contribution in [2.45, 2.75) is 0 Å². The van der Waals surface area contributed by atoms with Crippen LogP contribution in [0.3, 0.4) is 0 Å². The number of halogens is 2. The average Bonchev–Trinajstić information content (AvgIpc) is 2.84. The van der Waals surface area contributed by atoms with Gasteiger partial charge in [-0.3, -0.25) is 4.98 Å². The zero-order chi connectivity index (χ0) is 15.9. The highest BCUT2D eigenvalue weighted by Crippen LogP contribution is 2.37. The summed E-state index contributed by atoms with van der Waals surface area (Å²) < 4.78 is 27.4. The quantitative estimate of drug-likeness (QED) is 0.769. The highest BCUT2D eigenvalue weighted by atomic mass is 32.1. The standard InChI is InChI=1S/C16H9F2NO2S/c1-2-11-13-14(22-15(11)16(20)21)12(3-4-19-13)8-5-9(17)7-10(18)6-8/h2-7H,1H2,(H,20,21). The molecule has 1 N–H and O–H groups in total. The number of nitrogens with zero attached hydrogens (tertiary/aromatic N) is 1. The van der Waals surface area contributed by atoms with E-state index >= 15 is 0 Å². The topological polar surface area (TPSA) is 50.2 Å². The van der Waals surface area contributed by atoms with E-state index < -0.39 is 17.6 Å². The first kappa shape index (κ1) is 14.3. The van der Waals surface area contributed by atoms with Crippen molar-refractivity contribution in [1.29, 1.82) is 0 Å². The number of carboxylic acids is 1. The second-order valence-electron chi connectivity index (χ2n) is 4.55. The van der Waals surface area contributed by atoms with Crippen LogP contribution >= 0.6 is 11.3 Å². The van der Waals surface area contributed by atoms with Crippen molar-refractivity contribution >= 4 is 33.6 Å². The van der Waals surface area contributed by atoms with Crippen molar-refractivity contribution in [3.05, 3.63) is 59.1 Å². The second kappa shape index (κ2) is 5.31. The smallest absolute Gasteiger partial charge is 0.346 e. The van der Waals surface area contributed by atoms with E-state index in [1.807, 2.05) is 0 Å². The van der Waals surface area contributed by atoms with Gasteiger partial charge in [-0.1, -0.05) is 12.7 Å². The molecule has 0 aliphatic rings. The van der Waals surface area contributed by atoms with Crippen molar-refractivity contribution in [3.8, 4) is 11.1 Å². The molecule has 3 aromatic rings. The summed E-state index contributed by atoms with van der Waals surface area (Å²) in [6.07, 6.45) is 2.90. The van der Waals surface area contributed by atoms with Crippen molar-refractivity contribution in [3.63, 3.8) is 0 Å². The summed E-state index contributed by atoms with van der Waals surface area (Å²) in [6.45, 7) is 3.61. The Morgan fingerprint density at radius 2 is 1.95 bits per heavy atom. The van der Waals surface area contributed by atoms with Crippen LogP contribution in [0.5, 0.6) is 0 Å². The molecule has 0 atom stereocenters. The van der Waals surface area contributed by atoms with E-state index in [9.17, 15) is 18.7 Å². The van der Waals surface area contributed by atoms with Gasteiger partial charge in [-0.2, -0.15) is 0 Å². The van der Waals surface area contributed by atoms with Crippen LogP contribution in [0.4, 0.5) is 8.78 Å². The van der Waals surface area contributed by atoms with E-state index in [1.54, 1.807) is 6.07 Å². The van der Waals surface area contributed by atoms with Crippen LogP contribution in [0, 0.1) is 11.6 Å². The molecule has 0 spiro atoms. The van der Waals surface area contributed by atoms with Gasteiger partial charge in [0.05, 0.1) is 10.2 Å². The van der Waals surface area contributed by atoms with E-state index in [1.165, 1.54) is 24.4 Å². The van der Waals surface area contributed by atoms with Gasteiger partial charge in [0.2, 0.25) is 0 Å². The number of hydrogen-bond acceptors (Lipinski definition) is 3. The Morgan fingerprint density at radius 3 is 2.55 bits per heavy atom. The summed E-state index contributed by atoms with van der Waals surface area (Å²) >= 11 is 1.01. The normalized spacial score (nSPS) is 10.8. The molecule has 2 heterocycles. The SMILES string of the molecule is C=Cc1c(C(=O)O)sc2c(-c3cc(F)cc(F)c3)ccnc12. The van der Waals surface area contributed by atoms with E-state index in [4.69, 9.17) is 0 Å². The van der Waals surface area contributed by atoms with Crippen LogP contribution in [0.25, 0.3) is 27.4 Å². The Balaban J connectivity index is 2.36. The maximum absolute atomic E-state index is 13.4. The lowest BCUT2D eigenvalue weighted by molar-refractivity contribution is 0.0702. The first-order chi connectivity index (χ1) is 10.5. The first-order valence-corrected chi connectivity index (χ1v) is 7.06. The molecule has 0 saturated heterocycles. The monoisotopic (exact) mass is 317 g/mol. The molecule has 0 aliphatic heterocycles. The number of pyridine rings is 1. The van der Waals surface area contributed by atoms with Gasteiger partial charge in [0.1, 0.15) is 16.5 Å². The third-order valence-corrected chi connectivity index (χ3v) is 4.40. The summed E-state index contributed by atoms with van der Waals surface area (Å²) in [6, 6.07) is 4.79. The van der Waals surface area contributed by atoms with Gasteiger partial charge in [-0.25, -0.2) is 13.6 Å². The summed E-state index contributed by atoms with van der Waals surface area (Å²) in [7, 11) is 0. The van der Waals surface area contributed by atoms with Crippen molar-refractivity contribution in [2.75, 3.05) is 0 Å². The number of aromatic nitrogens is 1. The van der Waals surface area contributed by atoms with Crippen LogP contribution < -0.4 is 0 Å². The third kappa shape index (κ3) is 2.27. The molecule has 0 saturated carbocycles. The average molecular weight is 317 g/mol. The van der Waals surface area contributed by atoms with Crippen molar-refractivity contribution in [1.82, 2.24) is 4.98 Å². The minimum absolute atomic E-state index is 0.0989. The van der Waals surface area contributed by atoms with E-state index in [0.717, 1.165) is 17.4 Å². The second-order valence-corrected chi connectivity index (χ2v) is 5.57. The zero-order valence-electron chi connectivity index (χ0n) is 11.1. The Morgan fingerprint density at radius 1 is 1.27 bits per heavy atom. The molecular formula is C16H9F2NO2S. The van der Waals surface area contributed by atoms with Gasteiger partial charge in [0, 0.05) is 23.4 Å². The molecular weight excluding hydrogens is 308 g/mol. The lowest BCUT2D eigenvalue weighted by Crippen LogP contribution is -1.94. The van der Waals surface area contributed by atoms with Crippen LogP contribution in [0.2, 0.25) is 0 Å². The van der Waals surface area contributed by atoms with Gasteiger partial charge in [0.25, 0.3) is 0 Å². The van der Waals surface area contributed by atoms with Crippen LogP contribution in [0.15, 0.2) is 37.0 Å².